The van der Waals surface area contributed by atoms with Crippen molar-refractivity contribution in [3.05, 3.63) is 109 Å². The molecule has 0 bridgehead atoms. The average Bonchev–Trinajstić information content (AvgIpc) is 2.83. The van der Waals surface area contributed by atoms with E-state index in [2.05, 4.69) is 9.98 Å². The number of ether oxygens (including phenoxy) is 1. The highest BCUT2D eigenvalue weighted by Gasteiger charge is 2.35. The molecule has 0 atom stereocenters. The van der Waals surface area contributed by atoms with Crippen LogP contribution in [0, 0.1) is 12.7 Å². The molecule has 0 aliphatic heterocycles. The number of pyridine rings is 3. The van der Waals surface area contributed by atoms with Crippen LogP contribution in [0.2, 0.25) is 10.0 Å². The zero-order chi connectivity index (χ0) is 29.1. The van der Waals surface area contributed by atoms with Crippen molar-refractivity contribution < 1.29 is 24.4 Å². The Kier molecular flexibility index (Phi) is 8.94. The molecular formula is C26H25Cl2FN4O6. The van der Waals surface area contributed by atoms with E-state index >= 15 is 0 Å². The molecule has 206 valence electrons. The van der Waals surface area contributed by atoms with E-state index in [9.17, 15) is 29.3 Å². The van der Waals surface area contributed by atoms with Gasteiger partial charge in [-0.25, -0.2) is 14.4 Å². The fraction of sp³-hybridized carbons (Fsp3) is 0.231. The summed E-state index contributed by atoms with van der Waals surface area (Å²) in [6.45, 7) is 6.18. The second kappa shape index (κ2) is 11.6. The van der Waals surface area contributed by atoms with Gasteiger partial charge in [0.15, 0.2) is 17.3 Å². The third-order valence-electron chi connectivity index (χ3n) is 5.29. The highest BCUT2D eigenvalue weighted by molar-refractivity contribution is 6.32. The maximum atomic E-state index is 14.2. The summed E-state index contributed by atoms with van der Waals surface area (Å²) in [5.74, 6) is -4.78. The lowest BCUT2D eigenvalue weighted by Gasteiger charge is -2.23. The van der Waals surface area contributed by atoms with Crippen LogP contribution in [0.15, 0.2) is 69.6 Å². The Morgan fingerprint density at radius 1 is 1.18 bits per heavy atom. The van der Waals surface area contributed by atoms with Crippen molar-refractivity contribution in [1.82, 2.24) is 14.1 Å². The van der Waals surface area contributed by atoms with Gasteiger partial charge in [-0.3, -0.25) is 18.7 Å². The van der Waals surface area contributed by atoms with Crippen molar-refractivity contribution in [3.8, 4) is 5.75 Å². The number of aryl methyl sites for hydroxylation is 1. The van der Waals surface area contributed by atoms with Crippen LogP contribution in [0.25, 0.3) is 6.20 Å². The van der Waals surface area contributed by atoms with Gasteiger partial charge in [0.2, 0.25) is 0 Å². The molecule has 0 aliphatic carbocycles. The predicted molar refractivity (Wildman–Crippen MR) is 145 cm³/mol. The lowest BCUT2D eigenvalue weighted by molar-refractivity contribution is -0.308. The van der Waals surface area contributed by atoms with Crippen molar-refractivity contribution in [2.24, 2.45) is 4.99 Å². The summed E-state index contributed by atoms with van der Waals surface area (Å²) >= 11 is 11.8. The minimum absolute atomic E-state index is 0.0817. The molecule has 0 unspecified atom stereocenters. The number of aliphatic hydroxyl groups is 3. The number of halogens is 3. The van der Waals surface area contributed by atoms with E-state index in [0.717, 1.165) is 16.8 Å². The quantitative estimate of drug-likeness (QED) is 0.221. The number of hydrogen-bond acceptors (Lipinski definition) is 8. The zero-order valence-corrected chi connectivity index (χ0v) is 22.8. The summed E-state index contributed by atoms with van der Waals surface area (Å²) in [5.41, 5.74) is -3.30. The Balaban J connectivity index is 2.04. The normalized spacial score (nSPS) is 13.0. The Morgan fingerprint density at radius 2 is 1.87 bits per heavy atom. The van der Waals surface area contributed by atoms with Crippen molar-refractivity contribution in [1.29, 1.82) is 0 Å². The molecule has 0 saturated heterocycles. The van der Waals surface area contributed by atoms with Gasteiger partial charge in [0.1, 0.15) is 10.9 Å². The number of aromatic nitrogens is 3. The maximum Gasteiger partial charge on any atom is 0.372 e. The molecular weight excluding hydrogens is 554 g/mol. The molecule has 3 N–H and O–H groups in total. The molecule has 0 aromatic carbocycles. The molecule has 3 heterocycles. The van der Waals surface area contributed by atoms with Crippen LogP contribution in [-0.4, -0.2) is 35.3 Å². The van der Waals surface area contributed by atoms with Crippen LogP contribution in [-0.2, 0) is 11.6 Å². The topological polar surface area (TPSA) is 139 Å². The molecule has 39 heavy (non-hydrogen) atoms. The number of nitrogens with zero attached hydrogens (tertiary/aromatic N) is 4. The van der Waals surface area contributed by atoms with Crippen molar-refractivity contribution >= 4 is 35.2 Å². The summed E-state index contributed by atoms with van der Waals surface area (Å²) in [6, 6.07) is 5.09. The van der Waals surface area contributed by atoms with E-state index < -0.39 is 45.0 Å². The van der Waals surface area contributed by atoms with Crippen LogP contribution in [0.1, 0.15) is 37.7 Å². The van der Waals surface area contributed by atoms with Gasteiger partial charge in [0.25, 0.3) is 11.1 Å². The van der Waals surface area contributed by atoms with Crippen LogP contribution >= 0.6 is 23.2 Å². The standard InChI is InChI=1S/C26H25Cl2FN4O6/c1-5-9-30-20(33-10-6-7-17(23(33)34)25(3,4)36)8-11-32-15(2)12-19(21(28)24(32)35)39-26(37,38)22-18(29)13-16(27)14-31-22/h5-14,36-38H,1-4H3/b9-5+,11-8+,30-20-. The summed E-state index contributed by atoms with van der Waals surface area (Å²) < 4.78 is 21.5. The van der Waals surface area contributed by atoms with E-state index in [1.54, 1.807) is 19.1 Å². The molecule has 13 heteroatoms. The van der Waals surface area contributed by atoms with E-state index in [-0.39, 0.29) is 22.1 Å². The maximum absolute atomic E-state index is 14.2. The molecule has 0 radical (unpaired) electrons. The summed E-state index contributed by atoms with van der Waals surface area (Å²) in [5, 5.41) is 30.3. The monoisotopic (exact) mass is 578 g/mol. The first kappa shape index (κ1) is 29.9. The minimum Gasteiger partial charge on any atom is -0.433 e. The van der Waals surface area contributed by atoms with Gasteiger partial charge >= 0.3 is 5.97 Å². The van der Waals surface area contributed by atoms with Crippen molar-refractivity contribution in [2.75, 3.05) is 0 Å². The van der Waals surface area contributed by atoms with Gasteiger partial charge in [-0.1, -0.05) is 29.3 Å². The van der Waals surface area contributed by atoms with E-state index in [1.165, 1.54) is 62.1 Å². The second-order valence-electron chi connectivity index (χ2n) is 8.77. The molecule has 3 aromatic rings. The molecule has 0 spiro atoms. The molecule has 10 nitrogen and oxygen atoms in total. The van der Waals surface area contributed by atoms with Gasteiger partial charge in [-0.15, -0.1) is 0 Å². The Morgan fingerprint density at radius 3 is 2.49 bits per heavy atom. The lowest BCUT2D eigenvalue weighted by Crippen LogP contribution is -2.35. The highest BCUT2D eigenvalue weighted by atomic mass is 35.5. The summed E-state index contributed by atoms with van der Waals surface area (Å²) in [7, 11) is 0. The van der Waals surface area contributed by atoms with E-state index in [4.69, 9.17) is 27.9 Å². The van der Waals surface area contributed by atoms with Crippen molar-refractivity contribution in [3.63, 3.8) is 0 Å². The molecule has 0 amide bonds. The largest absolute Gasteiger partial charge is 0.433 e. The lowest BCUT2D eigenvalue weighted by atomic mass is 10.0. The van der Waals surface area contributed by atoms with Crippen molar-refractivity contribution in [2.45, 2.75) is 39.3 Å². The van der Waals surface area contributed by atoms with Crippen LogP contribution < -0.4 is 15.9 Å². The predicted octanol–water partition coefficient (Wildman–Crippen LogP) is 3.51. The first-order valence-electron chi connectivity index (χ1n) is 11.4. The molecule has 3 rings (SSSR count). The van der Waals surface area contributed by atoms with Crippen LogP contribution in [0.4, 0.5) is 4.39 Å². The molecule has 0 saturated carbocycles. The van der Waals surface area contributed by atoms with Gasteiger partial charge in [0.05, 0.1) is 10.6 Å². The van der Waals surface area contributed by atoms with Gasteiger partial charge < -0.3 is 20.1 Å². The smallest absolute Gasteiger partial charge is 0.372 e. The Hall–Kier alpha value is -3.61. The molecule has 3 aromatic heterocycles. The van der Waals surface area contributed by atoms with E-state index in [1.807, 2.05) is 0 Å². The van der Waals surface area contributed by atoms with Crippen LogP contribution in [0.3, 0.4) is 0 Å². The number of rotatable bonds is 7. The number of allylic oxidation sites excluding steroid dienone is 2. The number of aliphatic imine (C=N–C) groups is 1. The summed E-state index contributed by atoms with van der Waals surface area (Å²) in [6.07, 6.45) is 8.17. The highest BCUT2D eigenvalue weighted by Crippen LogP contribution is 2.30. The first-order valence-corrected chi connectivity index (χ1v) is 12.1. The minimum atomic E-state index is -3.28. The molecule has 0 fully saturated rings. The Labute approximate surface area is 232 Å². The number of hydrogen-bond donors (Lipinski definition) is 3. The second-order valence-corrected chi connectivity index (χ2v) is 9.59. The summed E-state index contributed by atoms with van der Waals surface area (Å²) in [4.78, 5) is 33.8. The van der Waals surface area contributed by atoms with Gasteiger partial charge in [-0.05, 0) is 52.0 Å². The van der Waals surface area contributed by atoms with E-state index in [0.29, 0.717) is 0 Å². The Bertz CT molecular complexity index is 1600. The SMILES string of the molecule is C/C=C/N=C(/C=C/n1c(C)cc(OC(O)(O)c2ncc(Cl)cc2F)c(Cl)c1=O)n1cccc(C(C)(C)O)c1=O. The van der Waals surface area contributed by atoms with Crippen LogP contribution in [0.5, 0.6) is 5.75 Å². The molecule has 0 aliphatic rings. The van der Waals surface area contributed by atoms with Gasteiger partial charge in [-0.2, -0.15) is 0 Å². The zero-order valence-electron chi connectivity index (χ0n) is 21.3. The third kappa shape index (κ3) is 6.70. The fourth-order valence-electron chi connectivity index (χ4n) is 3.43. The fourth-order valence-corrected chi connectivity index (χ4v) is 3.76. The van der Waals surface area contributed by atoms with Gasteiger partial charge in [0, 0.05) is 42.1 Å². The average molecular weight is 579 g/mol. The first-order chi connectivity index (χ1) is 18.2. The third-order valence-corrected chi connectivity index (χ3v) is 5.85.